The molecule has 0 radical (unpaired) electrons. The quantitative estimate of drug-likeness (QED) is 0.583. The molecule has 2 atom stereocenters. The Bertz CT molecular complexity index is 610. The Morgan fingerprint density at radius 2 is 1.78 bits per heavy atom. The molecule has 0 bridgehead atoms. The zero-order valence-corrected chi connectivity index (χ0v) is 12.2. The van der Waals surface area contributed by atoms with Gasteiger partial charge >= 0.3 is 11.8 Å². The fourth-order valence-electron chi connectivity index (χ4n) is 2.53. The van der Waals surface area contributed by atoms with Crippen LogP contribution in [0.4, 0.5) is 18.9 Å². The second kappa shape index (κ2) is 7.45. The van der Waals surface area contributed by atoms with E-state index in [1.807, 2.05) is 5.32 Å². The van der Waals surface area contributed by atoms with Crippen LogP contribution in [-0.2, 0) is 9.59 Å². The molecule has 1 aromatic rings. The third-order valence-corrected chi connectivity index (χ3v) is 3.88. The number of nitrogens with one attached hydrogen (secondary N) is 2. The first-order chi connectivity index (χ1) is 10.9. The number of amides is 2. The average Bonchev–Trinajstić information content (AvgIpc) is 2.54. The van der Waals surface area contributed by atoms with E-state index in [0.29, 0.717) is 12.5 Å². The van der Waals surface area contributed by atoms with E-state index in [0.717, 1.165) is 25.3 Å². The number of hydrogen-bond donors (Lipinski definition) is 3. The van der Waals surface area contributed by atoms with Gasteiger partial charge in [-0.3, -0.25) is 9.59 Å². The van der Waals surface area contributed by atoms with Gasteiger partial charge in [0.05, 0.1) is 11.8 Å². The first-order valence-electron chi connectivity index (χ1n) is 7.31. The Morgan fingerprint density at radius 3 is 2.48 bits per heavy atom. The summed E-state index contributed by atoms with van der Waals surface area (Å²) >= 11 is 0. The Morgan fingerprint density at radius 1 is 1.09 bits per heavy atom. The van der Waals surface area contributed by atoms with Gasteiger partial charge in [0.2, 0.25) is 0 Å². The second-order valence-electron chi connectivity index (χ2n) is 5.50. The van der Waals surface area contributed by atoms with Gasteiger partial charge in [0.1, 0.15) is 0 Å². The lowest BCUT2D eigenvalue weighted by atomic mass is 9.86. The average molecular weight is 330 g/mol. The molecule has 0 aliphatic heterocycles. The maximum atomic E-state index is 13.4. The predicted molar refractivity (Wildman–Crippen MR) is 75.9 cm³/mol. The molecule has 0 unspecified atom stereocenters. The lowest BCUT2D eigenvalue weighted by molar-refractivity contribution is -0.136. The number of rotatable bonds is 3. The van der Waals surface area contributed by atoms with Gasteiger partial charge in [-0.25, -0.2) is 13.2 Å². The second-order valence-corrected chi connectivity index (χ2v) is 5.50. The van der Waals surface area contributed by atoms with E-state index in [9.17, 15) is 27.9 Å². The highest BCUT2D eigenvalue weighted by Gasteiger charge is 2.25. The number of aliphatic hydroxyl groups is 1. The Hall–Kier alpha value is -2.09. The van der Waals surface area contributed by atoms with Crippen LogP contribution in [0.1, 0.15) is 25.7 Å². The van der Waals surface area contributed by atoms with Gasteiger partial charge in [-0.05, 0) is 25.0 Å². The van der Waals surface area contributed by atoms with Gasteiger partial charge in [-0.1, -0.05) is 12.8 Å². The van der Waals surface area contributed by atoms with E-state index in [4.69, 9.17) is 0 Å². The van der Waals surface area contributed by atoms with Crippen molar-refractivity contribution in [2.45, 2.75) is 31.8 Å². The van der Waals surface area contributed by atoms with Crippen LogP contribution in [0.5, 0.6) is 0 Å². The zero-order chi connectivity index (χ0) is 17.0. The van der Waals surface area contributed by atoms with Crippen molar-refractivity contribution < 1.29 is 27.9 Å². The summed E-state index contributed by atoms with van der Waals surface area (Å²) in [6, 6.07) is 1.47. The van der Waals surface area contributed by atoms with Crippen LogP contribution in [0.2, 0.25) is 0 Å². The fraction of sp³-hybridized carbons (Fsp3) is 0.467. The summed E-state index contributed by atoms with van der Waals surface area (Å²) in [6.07, 6.45) is 2.70. The highest BCUT2D eigenvalue weighted by atomic mass is 19.2. The molecule has 23 heavy (non-hydrogen) atoms. The lowest BCUT2D eigenvalue weighted by Gasteiger charge is -2.27. The van der Waals surface area contributed by atoms with Gasteiger partial charge in [-0.2, -0.15) is 0 Å². The molecule has 0 heterocycles. The molecule has 2 rings (SSSR count). The molecule has 0 saturated heterocycles. The maximum absolute atomic E-state index is 13.4. The number of hydrogen-bond acceptors (Lipinski definition) is 3. The number of carbonyl (C=O) groups excluding carboxylic acids is 2. The van der Waals surface area contributed by atoms with Crippen LogP contribution in [-0.4, -0.2) is 29.6 Å². The van der Waals surface area contributed by atoms with Crippen molar-refractivity contribution in [1.29, 1.82) is 0 Å². The summed E-state index contributed by atoms with van der Waals surface area (Å²) in [4.78, 5) is 23.3. The summed E-state index contributed by atoms with van der Waals surface area (Å²) in [5.41, 5.74) is -0.623. The van der Waals surface area contributed by atoms with Crippen LogP contribution in [0, 0.1) is 23.4 Å². The van der Waals surface area contributed by atoms with E-state index in [1.165, 1.54) is 0 Å². The minimum absolute atomic E-state index is 0.119. The molecular formula is C15H17F3N2O3. The van der Waals surface area contributed by atoms with Crippen molar-refractivity contribution in [2.75, 3.05) is 11.9 Å². The first-order valence-corrected chi connectivity index (χ1v) is 7.31. The summed E-state index contributed by atoms with van der Waals surface area (Å²) in [5, 5.41) is 14.0. The molecule has 5 nitrogen and oxygen atoms in total. The molecule has 2 amide bonds. The molecular weight excluding hydrogens is 313 g/mol. The fourth-order valence-corrected chi connectivity index (χ4v) is 2.53. The van der Waals surface area contributed by atoms with Crippen LogP contribution in [0.3, 0.4) is 0 Å². The molecule has 1 aromatic carbocycles. The van der Waals surface area contributed by atoms with Crippen molar-refractivity contribution in [2.24, 2.45) is 5.92 Å². The number of anilines is 1. The third-order valence-electron chi connectivity index (χ3n) is 3.88. The Balaban J connectivity index is 1.90. The smallest absolute Gasteiger partial charge is 0.313 e. The number of halogens is 3. The molecule has 126 valence electrons. The van der Waals surface area contributed by atoms with E-state index < -0.39 is 41.1 Å². The summed E-state index contributed by atoms with van der Waals surface area (Å²) < 4.78 is 39.3. The number of aliphatic hydroxyl groups excluding tert-OH is 1. The third kappa shape index (κ3) is 4.22. The standard InChI is InChI=1S/C15H17F3N2O3/c16-9-5-6-10(13(18)12(9)17)20-15(23)14(22)19-7-8-3-1-2-4-11(8)21/h5-6,8,11,21H,1-4,7H2,(H,19,22)(H,20,23)/t8-,11-/m0/s1. The van der Waals surface area contributed by atoms with Crippen molar-refractivity contribution in [3.63, 3.8) is 0 Å². The van der Waals surface area contributed by atoms with E-state index in [2.05, 4.69) is 5.32 Å². The highest BCUT2D eigenvalue weighted by molar-refractivity contribution is 6.39. The molecule has 0 aromatic heterocycles. The maximum Gasteiger partial charge on any atom is 0.313 e. The largest absolute Gasteiger partial charge is 0.393 e. The Labute approximate surface area is 130 Å². The minimum Gasteiger partial charge on any atom is -0.393 e. The van der Waals surface area contributed by atoms with Gasteiger partial charge in [0, 0.05) is 12.5 Å². The highest BCUT2D eigenvalue weighted by Crippen LogP contribution is 2.23. The monoisotopic (exact) mass is 330 g/mol. The van der Waals surface area contributed by atoms with Crippen LogP contribution in [0.15, 0.2) is 12.1 Å². The van der Waals surface area contributed by atoms with Gasteiger partial charge in [-0.15, -0.1) is 0 Å². The summed E-state index contributed by atoms with van der Waals surface area (Å²) in [7, 11) is 0. The van der Waals surface area contributed by atoms with Gasteiger partial charge < -0.3 is 15.7 Å². The molecule has 1 aliphatic rings. The lowest BCUT2D eigenvalue weighted by Crippen LogP contribution is -2.41. The van der Waals surface area contributed by atoms with Crippen molar-refractivity contribution >= 4 is 17.5 Å². The predicted octanol–water partition coefficient (Wildman–Crippen LogP) is 1.71. The topological polar surface area (TPSA) is 78.4 Å². The van der Waals surface area contributed by atoms with Crippen LogP contribution < -0.4 is 10.6 Å². The van der Waals surface area contributed by atoms with E-state index in [1.54, 1.807) is 0 Å². The normalized spacial score (nSPS) is 20.9. The van der Waals surface area contributed by atoms with Gasteiger partial charge in [0.25, 0.3) is 0 Å². The molecule has 1 aliphatic carbocycles. The number of benzene rings is 1. The molecule has 3 N–H and O–H groups in total. The number of carbonyl (C=O) groups is 2. The van der Waals surface area contributed by atoms with Gasteiger partial charge in [0.15, 0.2) is 17.5 Å². The zero-order valence-electron chi connectivity index (χ0n) is 12.2. The first kappa shape index (κ1) is 17.3. The molecule has 1 fully saturated rings. The summed E-state index contributed by atoms with van der Waals surface area (Å²) in [6.45, 7) is 0.119. The van der Waals surface area contributed by atoms with E-state index >= 15 is 0 Å². The SMILES string of the molecule is O=C(NC[C@@H]1CCCC[C@@H]1O)C(=O)Nc1ccc(F)c(F)c1F. The minimum atomic E-state index is -1.73. The van der Waals surface area contributed by atoms with E-state index in [-0.39, 0.29) is 12.5 Å². The molecule has 0 spiro atoms. The Kier molecular flexibility index (Phi) is 5.59. The molecule has 1 saturated carbocycles. The van der Waals surface area contributed by atoms with Crippen molar-refractivity contribution in [3.05, 3.63) is 29.6 Å². The van der Waals surface area contributed by atoms with Crippen molar-refractivity contribution in [3.8, 4) is 0 Å². The van der Waals surface area contributed by atoms with Crippen LogP contribution in [0.25, 0.3) is 0 Å². The summed E-state index contributed by atoms with van der Waals surface area (Å²) in [5.74, 6) is -7.06. The van der Waals surface area contributed by atoms with Crippen LogP contribution >= 0.6 is 0 Å². The van der Waals surface area contributed by atoms with Crippen molar-refractivity contribution in [1.82, 2.24) is 5.32 Å². The molecule has 8 heteroatoms.